The molecule has 0 saturated carbocycles. The molecule has 3 aromatic heterocycles. The molecule has 0 aliphatic heterocycles. The van der Waals surface area contributed by atoms with Gasteiger partial charge in [0.25, 0.3) is 0 Å². The van der Waals surface area contributed by atoms with Gasteiger partial charge in [-0.25, -0.2) is 4.98 Å². The van der Waals surface area contributed by atoms with E-state index in [4.69, 9.17) is 13.8 Å². The van der Waals surface area contributed by atoms with Gasteiger partial charge in [0.2, 0.25) is 0 Å². The van der Waals surface area contributed by atoms with Crippen molar-refractivity contribution in [1.82, 2.24) is 9.55 Å². The Kier molecular flexibility index (Phi) is 4.90. The van der Waals surface area contributed by atoms with Crippen molar-refractivity contribution in [3.8, 4) is 34.3 Å². The van der Waals surface area contributed by atoms with Gasteiger partial charge in [-0.15, -0.1) is 0 Å². The number of nitriles is 1. The number of hydrogen-bond acceptors (Lipinski definition) is 4. The predicted molar refractivity (Wildman–Crippen MR) is 171 cm³/mol. The highest BCUT2D eigenvalue weighted by Crippen LogP contribution is 2.43. The van der Waals surface area contributed by atoms with Crippen molar-refractivity contribution in [2.24, 2.45) is 0 Å². The minimum Gasteiger partial charge on any atom is -0.455 e. The van der Waals surface area contributed by atoms with Gasteiger partial charge in [-0.3, -0.25) is 4.57 Å². The molecule has 0 radical (unpaired) electrons. The van der Waals surface area contributed by atoms with E-state index in [9.17, 15) is 5.26 Å². The molecular weight excluding hydrogens is 530 g/mol. The monoisotopic (exact) mass is 551 g/mol. The van der Waals surface area contributed by atoms with Gasteiger partial charge in [0.1, 0.15) is 22.6 Å². The first kappa shape index (κ1) is 23.6. The summed E-state index contributed by atoms with van der Waals surface area (Å²) in [6.45, 7) is 0. The number of rotatable bonds is 3. The molecule has 0 unspecified atom stereocenters. The van der Waals surface area contributed by atoms with Gasteiger partial charge in [-0.05, 0) is 59.7 Å². The second kappa shape index (κ2) is 8.94. The van der Waals surface area contributed by atoms with E-state index in [0.29, 0.717) is 5.56 Å². The average Bonchev–Trinajstić information content (AvgIpc) is 3.76. The van der Waals surface area contributed by atoms with E-state index in [2.05, 4.69) is 59.2 Å². The zero-order valence-electron chi connectivity index (χ0n) is 22.8. The van der Waals surface area contributed by atoms with Gasteiger partial charge in [0, 0.05) is 21.5 Å². The first-order valence-electron chi connectivity index (χ1n) is 14.1. The zero-order chi connectivity index (χ0) is 28.5. The quantitative estimate of drug-likeness (QED) is 0.219. The molecule has 0 N–H and O–H groups in total. The molecule has 6 aromatic carbocycles. The van der Waals surface area contributed by atoms with E-state index >= 15 is 0 Å². The van der Waals surface area contributed by atoms with Crippen LogP contribution in [0, 0.1) is 11.3 Å². The highest BCUT2D eigenvalue weighted by atomic mass is 16.3. The second-order valence-corrected chi connectivity index (χ2v) is 10.7. The van der Waals surface area contributed by atoms with E-state index in [1.54, 1.807) is 0 Å². The third-order valence-corrected chi connectivity index (χ3v) is 8.28. The van der Waals surface area contributed by atoms with Gasteiger partial charge >= 0.3 is 0 Å². The summed E-state index contributed by atoms with van der Waals surface area (Å²) in [5.41, 5.74) is 9.56. The predicted octanol–water partition coefficient (Wildman–Crippen LogP) is 10.0. The summed E-state index contributed by atoms with van der Waals surface area (Å²) < 4.78 is 15.3. The first-order valence-corrected chi connectivity index (χ1v) is 14.1. The van der Waals surface area contributed by atoms with E-state index in [1.807, 2.05) is 78.9 Å². The van der Waals surface area contributed by atoms with Gasteiger partial charge in [-0.1, -0.05) is 78.9 Å². The van der Waals surface area contributed by atoms with Crippen LogP contribution < -0.4 is 0 Å². The molecule has 0 aliphatic rings. The summed E-state index contributed by atoms with van der Waals surface area (Å²) in [4.78, 5) is 5.19. The number of furan rings is 2. The molecule has 0 spiro atoms. The van der Waals surface area contributed by atoms with Crippen molar-refractivity contribution in [2.75, 3.05) is 0 Å². The standard InChI is InChI=1S/C38H21N3O2/c39-22-23-16-18-24(19-17-23)25-20-21-29(37-35(25)28-9-2-6-15-34(28)43-37)38-40-30-11-3-4-12-31(30)41(38)32-13-7-10-27-26-8-1-5-14-33(26)42-36(27)32/h1-21H. The first-order chi connectivity index (χ1) is 21.3. The lowest BCUT2D eigenvalue weighted by atomic mass is 9.96. The Morgan fingerprint density at radius 2 is 1.26 bits per heavy atom. The summed E-state index contributed by atoms with van der Waals surface area (Å²) >= 11 is 0. The lowest BCUT2D eigenvalue weighted by Crippen LogP contribution is -1.98. The smallest absolute Gasteiger partial charge is 0.159 e. The Hall–Kier alpha value is -6.12. The number of nitrogens with zero attached hydrogens (tertiary/aromatic N) is 3. The van der Waals surface area contributed by atoms with E-state index in [1.165, 1.54) is 0 Å². The second-order valence-electron chi connectivity index (χ2n) is 10.7. The number of imidazole rings is 1. The van der Waals surface area contributed by atoms with Crippen LogP contribution >= 0.6 is 0 Å². The Morgan fingerprint density at radius 3 is 2.09 bits per heavy atom. The van der Waals surface area contributed by atoms with Crippen LogP contribution in [0.3, 0.4) is 0 Å². The zero-order valence-corrected chi connectivity index (χ0v) is 22.8. The van der Waals surface area contributed by atoms with Crippen LogP contribution in [-0.2, 0) is 0 Å². The topological polar surface area (TPSA) is 67.9 Å². The maximum atomic E-state index is 9.35. The van der Waals surface area contributed by atoms with Crippen LogP contribution in [0.15, 0.2) is 136 Å². The number of benzene rings is 6. The van der Waals surface area contributed by atoms with E-state index in [-0.39, 0.29) is 0 Å². The van der Waals surface area contributed by atoms with Crippen molar-refractivity contribution < 1.29 is 8.83 Å². The Labute approximate surface area is 245 Å². The summed E-state index contributed by atoms with van der Waals surface area (Å²) in [6.07, 6.45) is 0. The molecule has 0 amide bonds. The molecule has 0 bridgehead atoms. The molecule has 0 aliphatic carbocycles. The maximum absolute atomic E-state index is 9.35. The number of aromatic nitrogens is 2. The van der Waals surface area contributed by atoms with E-state index in [0.717, 1.165) is 83.1 Å². The van der Waals surface area contributed by atoms with Crippen LogP contribution in [0.2, 0.25) is 0 Å². The van der Waals surface area contributed by atoms with Gasteiger partial charge in [0.15, 0.2) is 5.58 Å². The van der Waals surface area contributed by atoms with Gasteiger partial charge in [-0.2, -0.15) is 5.26 Å². The highest BCUT2D eigenvalue weighted by molar-refractivity contribution is 6.16. The molecule has 9 aromatic rings. The molecule has 5 heteroatoms. The lowest BCUT2D eigenvalue weighted by Gasteiger charge is -2.12. The molecule has 43 heavy (non-hydrogen) atoms. The van der Waals surface area contributed by atoms with Crippen molar-refractivity contribution >= 4 is 54.9 Å². The molecule has 5 nitrogen and oxygen atoms in total. The van der Waals surface area contributed by atoms with Crippen LogP contribution in [0.1, 0.15) is 5.56 Å². The summed E-state index contributed by atoms with van der Waals surface area (Å²) in [5.74, 6) is 0.768. The van der Waals surface area contributed by atoms with Crippen LogP contribution in [0.5, 0.6) is 0 Å². The average molecular weight is 552 g/mol. The van der Waals surface area contributed by atoms with Gasteiger partial charge < -0.3 is 8.83 Å². The summed E-state index contributed by atoms with van der Waals surface area (Å²) in [7, 11) is 0. The normalized spacial score (nSPS) is 11.7. The number of para-hydroxylation sites is 5. The molecule has 0 fully saturated rings. The fraction of sp³-hybridized carbons (Fsp3) is 0. The highest BCUT2D eigenvalue weighted by Gasteiger charge is 2.23. The maximum Gasteiger partial charge on any atom is 0.159 e. The van der Waals surface area contributed by atoms with E-state index < -0.39 is 0 Å². The van der Waals surface area contributed by atoms with Crippen molar-refractivity contribution in [1.29, 1.82) is 5.26 Å². The molecular formula is C38H21N3O2. The van der Waals surface area contributed by atoms with Crippen LogP contribution in [0.25, 0.3) is 83.1 Å². The van der Waals surface area contributed by atoms with Crippen molar-refractivity contribution in [3.63, 3.8) is 0 Å². The Bertz CT molecular complexity index is 2580. The molecule has 0 saturated heterocycles. The minimum atomic E-state index is 0.627. The van der Waals surface area contributed by atoms with Crippen molar-refractivity contribution in [2.45, 2.75) is 0 Å². The number of hydrogen-bond donors (Lipinski definition) is 0. The fourth-order valence-electron chi connectivity index (χ4n) is 6.33. The lowest BCUT2D eigenvalue weighted by molar-refractivity contribution is 0.665. The third-order valence-electron chi connectivity index (χ3n) is 8.28. The SMILES string of the molecule is N#Cc1ccc(-c2ccc(-c3nc4ccccc4n3-c3cccc4c3oc3ccccc34)c3oc4ccccc4c23)cc1. The number of fused-ring (bicyclic) bond motifs is 7. The van der Waals surface area contributed by atoms with Crippen LogP contribution in [0.4, 0.5) is 0 Å². The summed E-state index contributed by atoms with van der Waals surface area (Å²) in [6, 6.07) is 44.8. The van der Waals surface area contributed by atoms with Gasteiger partial charge in [0.05, 0.1) is 33.9 Å². The third kappa shape index (κ3) is 3.41. The van der Waals surface area contributed by atoms with Crippen LogP contribution in [-0.4, -0.2) is 9.55 Å². The Balaban J connectivity index is 1.38. The molecule has 200 valence electrons. The van der Waals surface area contributed by atoms with Crippen molar-refractivity contribution in [3.05, 3.63) is 133 Å². The fourth-order valence-corrected chi connectivity index (χ4v) is 6.33. The molecule has 3 heterocycles. The Morgan fingerprint density at radius 1 is 0.581 bits per heavy atom. The minimum absolute atomic E-state index is 0.627. The largest absolute Gasteiger partial charge is 0.455 e. The molecule has 0 atom stereocenters. The molecule has 9 rings (SSSR count). The summed E-state index contributed by atoms with van der Waals surface area (Å²) in [5, 5.41) is 13.5.